The van der Waals surface area contributed by atoms with Crippen molar-refractivity contribution in [3.63, 3.8) is 0 Å². The third kappa shape index (κ3) is 4.78. The van der Waals surface area contributed by atoms with Gasteiger partial charge in [0.25, 0.3) is 0 Å². The zero-order valence-electron chi connectivity index (χ0n) is 15.7. The third-order valence-corrected chi connectivity index (χ3v) is 5.38. The Labute approximate surface area is 157 Å². The van der Waals surface area contributed by atoms with Crippen molar-refractivity contribution in [1.82, 2.24) is 0 Å². The first-order valence-electron chi connectivity index (χ1n) is 9.39. The van der Waals surface area contributed by atoms with Crippen molar-refractivity contribution in [2.24, 2.45) is 5.92 Å². The largest absolute Gasteiger partial charge is 0.461 e. The van der Waals surface area contributed by atoms with Crippen LogP contribution < -0.4 is 4.74 Å². The van der Waals surface area contributed by atoms with Crippen LogP contribution in [0, 0.1) is 5.92 Å². The van der Waals surface area contributed by atoms with Crippen LogP contribution in [-0.2, 0) is 0 Å². The molecular weight excluding hydrogens is 328 g/mol. The Morgan fingerprint density at radius 1 is 1.40 bits per heavy atom. The summed E-state index contributed by atoms with van der Waals surface area (Å²) >= 11 is 4.02. The molecule has 0 aliphatic heterocycles. The van der Waals surface area contributed by atoms with Gasteiger partial charge in [0.2, 0.25) is 5.12 Å². The van der Waals surface area contributed by atoms with Gasteiger partial charge in [-0.25, -0.2) is 0 Å². The van der Waals surface area contributed by atoms with E-state index < -0.39 is 0 Å². The molecule has 0 radical (unpaired) electrons. The Balaban J connectivity index is 2.49. The van der Waals surface area contributed by atoms with Gasteiger partial charge in [0, 0.05) is 17.0 Å². The Hall–Kier alpha value is -1.48. The lowest BCUT2D eigenvalue weighted by Gasteiger charge is -2.23. The fourth-order valence-corrected chi connectivity index (χ4v) is 3.87. The van der Waals surface area contributed by atoms with Crippen molar-refractivity contribution in [1.29, 1.82) is 0 Å². The number of thiol groups is 1. The summed E-state index contributed by atoms with van der Waals surface area (Å²) in [6.45, 7) is 10.4. The lowest BCUT2D eigenvalue weighted by atomic mass is 9.92. The van der Waals surface area contributed by atoms with E-state index in [0.717, 1.165) is 48.3 Å². The second-order valence-electron chi connectivity index (χ2n) is 6.96. The number of hydrogen-bond donors (Lipinski definition) is 1. The number of benzene rings is 1. The number of rotatable bonds is 8. The molecule has 1 atom stereocenters. The Kier molecular flexibility index (Phi) is 7.37. The first kappa shape index (κ1) is 19.8. The minimum atomic E-state index is -0.209. The van der Waals surface area contributed by atoms with E-state index in [1.807, 2.05) is 19.1 Å². The summed E-state index contributed by atoms with van der Waals surface area (Å²) in [4.78, 5) is 11.8. The molecule has 25 heavy (non-hydrogen) atoms. The highest BCUT2D eigenvalue weighted by molar-refractivity contribution is 7.97. The standard InChI is InChI=1S/C22H30O2S/c1-5-10-15(4)20(7-3)24-21-16(6-2)13-18(22(23)25)14-19(21)17-11-8-9-12-17/h6-7,13-15,17H,2,5,8-12H2,1,3-4H3,(H,23,25). The van der Waals surface area contributed by atoms with E-state index in [1.165, 1.54) is 12.8 Å². The van der Waals surface area contributed by atoms with Crippen molar-refractivity contribution in [2.45, 2.75) is 65.2 Å². The maximum atomic E-state index is 11.8. The molecule has 0 spiro atoms. The van der Waals surface area contributed by atoms with Crippen molar-refractivity contribution in [3.05, 3.63) is 47.2 Å². The third-order valence-electron chi connectivity index (χ3n) is 5.12. The van der Waals surface area contributed by atoms with E-state index in [2.05, 4.69) is 39.1 Å². The summed E-state index contributed by atoms with van der Waals surface area (Å²) in [7, 11) is 0. The molecule has 0 aromatic heterocycles. The Morgan fingerprint density at radius 3 is 2.60 bits per heavy atom. The SMILES string of the molecule is C=Cc1cc(C(=O)S)cc(C2CCCC2)c1OC(=CC)C(C)CCC. The quantitative estimate of drug-likeness (QED) is 0.409. The summed E-state index contributed by atoms with van der Waals surface area (Å²) in [5.74, 6) is 2.68. The molecule has 0 amide bonds. The monoisotopic (exact) mass is 358 g/mol. The molecule has 0 heterocycles. The molecule has 1 unspecified atom stereocenters. The predicted molar refractivity (Wildman–Crippen MR) is 110 cm³/mol. The van der Waals surface area contributed by atoms with Crippen LogP contribution in [0.3, 0.4) is 0 Å². The van der Waals surface area contributed by atoms with Gasteiger partial charge >= 0.3 is 0 Å². The molecule has 136 valence electrons. The van der Waals surface area contributed by atoms with Gasteiger partial charge in [-0.1, -0.05) is 45.8 Å². The van der Waals surface area contributed by atoms with Gasteiger partial charge in [0.05, 0.1) is 0 Å². The Morgan fingerprint density at radius 2 is 2.08 bits per heavy atom. The highest BCUT2D eigenvalue weighted by atomic mass is 32.1. The molecule has 1 saturated carbocycles. The minimum absolute atomic E-state index is 0.209. The van der Waals surface area contributed by atoms with Crippen LogP contribution in [0.4, 0.5) is 0 Å². The lowest BCUT2D eigenvalue weighted by Crippen LogP contribution is -2.10. The van der Waals surface area contributed by atoms with Gasteiger partial charge in [-0.05, 0) is 55.9 Å². The summed E-state index contributed by atoms with van der Waals surface area (Å²) in [6.07, 6.45) is 10.8. The molecule has 1 aromatic rings. The van der Waals surface area contributed by atoms with E-state index >= 15 is 0 Å². The molecule has 1 aliphatic rings. The summed E-state index contributed by atoms with van der Waals surface area (Å²) in [5, 5.41) is -0.209. The average Bonchev–Trinajstić information content (AvgIpc) is 3.13. The van der Waals surface area contributed by atoms with E-state index in [-0.39, 0.29) is 5.12 Å². The van der Waals surface area contributed by atoms with Gasteiger partial charge < -0.3 is 4.74 Å². The van der Waals surface area contributed by atoms with Crippen molar-refractivity contribution in [2.75, 3.05) is 0 Å². The number of carbonyl (C=O) groups excluding carboxylic acids is 1. The zero-order chi connectivity index (χ0) is 18.4. The molecule has 1 aliphatic carbocycles. The average molecular weight is 359 g/mol. The van der Waals surface area contributed by atoms with Crippen LogP contribution in [0.2, 0.25) is 0 Å². The molecule has 1 aromatic carbocycles. The van der Waals surface area contributed by atoms with Crippen molar-refractivity contribution >= 4 is 23.8 Å². The zero-order valence-corrected chi connectivity index (χ0v) is 16.6. The van der Waals surface area contributed by atoms with Crippen LogP contribution in [0.25, 0.3) is 6.08 Å². The number of carbonyl (C=O) groups is 1. The molecule has 2 rings (SSSR count). The van der Waals surface area contributed by atoms with Gasteiger partial charge in [-0.3, -0.25) is 4.79 Å². The van der Waals surface area contributed by atoms with Crippen LogP contribution in [0.5, 0.6) is 5.75 Å². The first-order valence-corrected chi connectivity index (χ1v) is 9.84. The molecule has 0 N–H and O–H groups in total. The normalized spacial score (nSPS) is 16.7. The van der Waals surface area contributed by atoms with Crippen molar-refractivity contribution in [3.8, 4) is 5.75 Å². The Bertz CT molecular complexity index is 654. The van der Waals surface area contributed by atoms with E-state index in [1.54, 1.807) is 6.08 Å². The number of allylic oxidation sites excluding steroid dienone is 2. The molecule has 2 nitrogen and oxygen atoms in total. The molecule has 3 heteroatoms. The highest BCUT2D eigenvalue weighted by Crippen LogP contribution is 2.42. The maximum absolute atomic E-state index is 11.8. The summed E-state index contributed by atoms with van der Waals surface area (Å²) in [6, 6.07) is 3.82. The first-order chi connectivity index (χ1) is 12.0. The smallest absolute Gasteiger partial charge is 0.216 e. The minimum Gasteiger partial charge on any atom is -0.461 e. The van der Waals surface area contributed by atoms with Crippen LogP contribution in [-0.4, -0.2) is 5.12 Å². The molecular formula is C22H30O2S. The van der Waals surface area contributed by atoms with Gasteiger partial charge in [0.15, 0.2) is 0 Å². The van der Waals surface area contributed by atoms with Gasteiger partial charge in [0.1, 0.15) is 11.5 Å². The van der Waals surface area contributed by atoms with Crippen LogP contribution >= 0.6 is 12.6 Å². The van der Waals surface area contributed by atoms with Crippen molar-refractivity contribution < 1.29 is 9.53 Å². The fourth-order valence-electron chi connectivity index (χ4n) is 3.74. The van der Waals surface area contributed by atoms with Crippen LogP contribution in [0.1, 0.15) is 86.7 Å². The second kappa shape index (κ2) is 9.28. The van der Waals surface area contributed by atoms with Crippen LogP contribution in [0.15, 0.2) is 30.5 Å². The predicted octanol–water partition coefficient (Wildman–Crippen LogP) is 6.78. The summed E-state index contributed by atoms with van der Waals surface area (Å²) in [5.41, 5.74) is 2.64. The molecule has 1 fully saturated rings. The van der Waals surface area contributed by atoms with Gasteiger partial charge in [-0.2, -0.15) is 0 Å². The van der Waals surface area contributed by atoms with Gasteiger partial charge in [-0.15, -0.1) is 12.6 Å². The molecule has 0 saturated heterocycles. The maximum Gasteiger partial charge on any atom is 0.216 e. The van der Waals surface area contributed by atoms with E-state index in [4.69, 9.17) is 4.74 Å². The number of hydrogen-bond acceptors (Lipinski definition) is 2. The number of ether oxygens (including phenoxy) is 1. The summed E-state index contributed by atoms with van der Waals surface area (Å²) < 4.78 is 6.43. The lowest BCUT2D eigenvalue weighted by molar-refractivity contribution is 0.109. The highest BCUT2D eigenvalue weighted by Gasteiger charge is 2.25. The topological polar surface area (TPSA) is 26.3 Å². The molecule has 0 bridgehead atoms. The van der Waals surface area contributed by atoms with E-state index in [0.29, 0.717) is 17.4 Å². The second-order valence-corrected chi connectivity index (χ2v) is 7.36. The fraction of sp³-hybridized carbons (Fsp3) is 0.500. The van der Waals surface area contributed by atoms with E-state index in [9.17, 15) is 4.79 Å².